The highest BCUT2D eigenvalue weighted by Gasteiger charge is 2.39. The van der Waals surface area contributed by atoms with Gasteiger partial charge in [0.25, 0.3) is 11.8 Å². The first kappa shape index (κ1) is 22.4. The van der Waals surface area contributed by atoms with Crippen molar-refractivity contribution in [1.82, 2.24) is 10.2 Å². The highest BCUT2D eigenvalue weighted by molar-refractivity contribution is 6.06. The number of aryl methyl sites for hydroxylation is 2. The van der Waals surface area contributed by atoms with E-state index >= 15 is 0 Å². The summed E-state index contributed by atoms with van der Waals surface area (Å²) in [7, 11) is 0. The lowest BCUT2D eigenvalue weighted by Gasteiger charge is -2.29. The molecule has 5 heteroatoms. The van der Waals surface area contributed by atoms with Gasteiger partial charge in [0, 0.05) is 48.5 Å². The van der Waals surface area contributed by atoms with Gasteiger partial charge < -0.3 is 10.2 Å². The van der Waals surface area contributed by atoms with E-state index in [1.54, 1.807) is 0 Å². The van der Waals surface area contributed by atoms with Gasteiger partial charge in [-0.1, -0.05) is 53.6 Å². The summed E-state index contributed by atoms with van der Waals surface area (Å²) in [5.41, 5.74) is 5.76. The first-order chi connectivity index (χ1) is 16.5. The normalized spacial score (nSPS) is 19.8. The molecule has 5 nitrogen and oxygen atoms in total. The minimum Gasteiger partial charge on any atom is -0.350 e. The van der Waals surface area contributed by atoms with Crippen molar-refractivity contribution in [2.24, 2.45) is 0 Å². The van der Waals surface area contributed by atoms with E-state index in [4.69, 9.17) is 0 Å². The Hall–Kier alpha value is -3.44. The van der Waals surface area contributed by atoms with E-state index in [0.29, 0.717) is 24.2 Å². The molecule has 3 aromatic rings. The quantitative estimate of drug-likeness (QED) is 0.622. The molecule has 1 N–H and O–H groups in total. The molecule has 0 aliphatic carbocycles. The van der Waals surface area contributed by atoms with Crippen LogP contribution in [-0.4, -0.2) is 41.9 Å². The number of carbonyl (C=O) groups excluding carboxylic acids is 2. The minimum atomic E-state index is -0.0219. The van der Waals surface area contributed by atoms with Crippen molar-refractivity contribution in [1.29, 1.82) is 0 Å². The molecular weight excluding hydrogens is 422 g/mol. The third-order valence-corrected chi connectivity index (χ3v) is 7.05. The number of benzene rings is 3. The second-order valence-electron chi connectivity index (χ2n) is 9.55. The molecule has 0 saturated carbocycles. The number of para-hydroxylation sites is 1. The van der Waals surface area contributed by atoms with Crippen molar-refractivity contribution in [2.45, 2.75) is 45.3 Å². The fourth-order valence-electron chi connectivity index (χ4n) is 5.45. The van der Waals surface area contributed by atoms with Crippen LogP contribution in [0.1, 0.15) is 50.2 Å². The van der Waals surface area contributed by atoms with E-state index in [-0.39, 0.29) is 23.9 Å². The van der Waals surface area contributed by atoms with Crippen LogP contribution in [0.3, 0.4) is 0 Å². The van der Waals surface area contributed by atoms with E-state index in [0.717, 1.165) is 41.8 Å². The van der Waals surface area contributed by atoms with Crippen molar-refractivity contribution in [2.75, 3.05) is 18.0 Å². The van der Waals surface area contributed by atoms with Crippen LogP contribution in [0.5, 0.6) is 0 Å². The van der Waals surface area contributed by atoms with Gasteiger partial charge in [0.1, 0.15) is 0 Å². The summed E-state index contributed by atoms with van der Waals surface area (Å²) < 4.78 is 0. The van der Waals surface area contributed by atoms with Crippen LogP contribution >= 0.6 is 0 Å². The van der Waals surface area contributed by atoms with E-state index in [9.17, 15) is 9.59 Å². The van der Waals surface area contributed by atoms with Crippen LogP contribution in [0.2, 0.25) is 0 Å². The van der Waals surface area contributed by atoms with Gasteiger partial charge in [0.05, 0.1) is 0 Å². The smallest absolute Gasteiger partial charge is 0.258 e. The number of nitrogens with zero attached hydrogens (tertiary/aromatic N) is 2. The molecule has 5 rings (SSSR count). The van der Waals surface area contributed by atoms with Gasteiger partial charge in [-0.2, -0.15) is 0 Å². The lowest BCUT2D eigenvalue weighted by atomic mass is 10.1. The zero-order valence-electron chi connectivity index (χ0n) is 19.8. The number of amides is 2. The Morgan fingerprint density at radius 1 is 0.882 bits per heavy atom. The van der Waals surface area contributed by atoms with Gasteiger partial charge in [0.2, 0.25) is 0 Å². The average Bonchev–Trinajstić information content (AvgIpc) is 3.13. The number of anilines is 1. The Morgan fingerprint density at radius 2 is 1.59 bits per heavy atom. The molecule has 1 saturated heterocycles. The molecule has 0 spiro atoms. The molecule has 3 aromatic carbocycles. The van der Waals surface area contributed by atoms with Crippen LogP contribution in [0.25, 0.3) is 0 Å². The topological polar surface area (TPSA) is 52.7 Å². The molecule has 2 atom stereocenters. The van der Waals surface area contributed by atoms with E-state index in [1.807, 2.05) is 73.3 Å². The second kappa shape index (κ2) is 9.43. The zero-order valence-corrected chi connectivity index (χ0v) is 19.8. The lowest BCUT2D eigenvalue weighted by molar-refractivity contribution is 0.0933. The third-order valence-electron chi connectivity index (χ3n) is 7.05. The Balaban J connectivity index is 1.34. The molecule has 2 amide bonds. The number of hydrogen-bond donors (Lipinski definition) is 1. The Bertz CT molecular complexity index is 1190. The van der Waals surface area contributed by atoms with E-state index in [1.165, 1.54) is 0 Å². The lowest BCUT2D eigenvalue weighted by Crippen LogP contribution is -2.45. The van der Waals surface area contributed by atoms with Gasteiger partial charge in [-0.25, -0.2) is 0 Å². The van der Waals surface area contributed by atoms with Crippen molar-refractivity contribution in [3.63, 3.8) is 0 Å². The average molecular weight is 454 g/mol. The Morgan fingerprint density at radius 3 is 2.35 bits per heavy atom. The predicted octanol–water partition coefficient (Wildman–Crippen LogP) is 4.73. The van der Waals surface area contributed by atoms with Gasteiger partial charge in [0.15, 0.2) is 0 Å². The van der Waals surface area contributed by atoms with E-state index in [2.05, 4.69) is 28.4 Å². The van der Waals surface area contributed by atoms with Gasteiger partial charge in [-0.15, -0.1) is 0 Å². The van der Waals surface area contributed by atoms with Crippen LogP contribution in [0.4, 0.5) is 5.69 Å². The second-order valence-corrected chi connectivity index (χ2v) is 9.55. The maximum absolute atomic E-state index is 13.5. The van der Waals surface area contributed by atoms with Crippen LogP contribution in [-0.2, 0) is 6.54 Å². The fraction of sp³-hybridized carbons (Fsp3) is 0.310. The molecule has 34 heavy (non-hydrogen) atoms. The highest BCUT2D eigenvalue weighted by Crippen LogP contribution is 2.35. The maximum atomic E-state index is 13.5. The van der Waals surface area contributed by atoms with Gasteiger partial charge in [-0.3, -0.25) is 14.5 Å². The molecule has 0 radical (unpaired) electrons. The third kappa shape index (κ3) is 4.48. The highest BCUT2D eigenvalue weighted by atomic mass is 16.2. The van der Waals surface area contributed by atoms with Crippen molar-refractivity contribution < 1.29 is 9.59 Å². The molecule has 2 aliphatic heterocycles. The number of carbonyl (C=O) groups is 2. The summed E-state index contributed by atoms with van der Waals surface area (Å²) >= 11 is 0. The number of fused-ring (bicyclic) bond motifs is 2. The molecule has 0 bridgehead atoms. The molecule has 2 aliphatic rings. The molecular formula is C29H31N3O2. The first-order valence-electron chi connectivity index (χ1n) is 12.1. The SMILES string of the molecule is Cc1cc(C)cc(C(=O)NCC2CCC3CN(C(=O)c4ccccc4)c4ccccc4CN23)c1. The van der Waals surface area contributed by atoms with Crippen LogP contribution < -0.4 is 10.2 Å². The molecule has 2 heterocycles. The Labute approximate surface area is 201 Å². The first-order valence-corrected chi connectivity index (χ1v) is 12.1. The summed E-state index contributed by atoms with van der Waals surface area (Å²) in [5, 5.41) is 3.17. The minimum absolute atomic E-state index is 0.0219. The summed E-state index contributed by atoms with van der Waals surface area (Å²) in [5.74, 6) is 0.0211. The predicted molar refractivity (Wildman–Crippen MR) is 135 cm³/mol. The van der Waals surface area contributed by atoms with Crippen molar-refractivity contribution >= 4 is 17.5 Å². The fourth-order valence-corrected chi connectivity index (χ4v) is 5.45. The van der Waals surface area contributed by atoms with Crippen molar-refractivity contribution in [3.05, 3.63) is 101 Å². The Kier molecular flexibility index (Phi) is 6.20. The summed E-state index contributed by atoms with van der Waals surface area (Å²) in [6.07, 6.45) is 2.02. The van der Waals surface area contributed by atoms with E-state index < -0.39 is 0 Å². The van der Waals surface area contributed by atoms with Gasteiger partial charge in [-0.05, 0) is 62.6 Å². The standard InChI is InChI=1S/C29H31N3O2/c1-20-14-21(2)16-24(15-20)28(33)30-17-25-12-13-26-19-32(29(34)22-8-4-3-5-9-22)27-11-7-6-10-23(27)18-31(25)26/h3-11,14-16,25-26H,12-13,17-19H2,1-2H3,(H,30,33). The number of hydrogen-bond acceptors (Lipinski definition) is 3. The molecule has 174 valence electrons. The summed E-state index contributed by atoms with van der Waals surface area (Å²) in [6.45, 7) is 6.08. The summed E-state index contributed by atoms with van der Waals surface area (Å²) in [6, 6.07) is 24.2. The largest absolute Gasteiger partial charge is 0.350 e. The maximum Gasteiger partial charge on any atom is 0.258 e. The number of nitrogens with one attached hydrogen (secondary N) is 1. The van der Waals surface area contributed by atoms with Gasteiger partial charge >= 0.3 is 0 Å². The molecule has 2 unspecified atom stereocenters. The summed E-state index contributed by atoms with van der Waals surface area (Å²) in [4.78, 5) is 30.7. The molecule has 1 fully saturated rings. The van der Waals surface area contributed by atoms with Crippen molar-refractivity contribution in [3.8, 4) is 0 Å². The van der Waals surface area contributed by atoms with Crippen LogP contribution in [0, 0.1) is 13.8 Å². The van der Waals surface area contributed by atoms with Crippen LogP contribution in [0.15, 0.2) is 72.8 Å². The molecule has 0 aromatic heterocycles. The zero-order chi connectivity index (χ0) is 23.7. The number of rotatable bonds is 4. The monoisotopic (exact) mass is 453 g/mol.